The van der Waals surface area contributed by atoms with Crippen LogP contribution in [0.3, 0.4) is 0 Å². The fraction of sp³-hybridized carbons (Fsp3) is 0.941. The van der Waals surface area contributed by atoms with Gasteiger partial charge in [0.1, 0.15) is 0 Å². The second-order valence-corrected chi connectivity index (χ2v) is 8.07. The van der Waals surface area contributed by atoms with Crippen molar-refractivity contribution >= 4 is 6.03 Å². The Labute approximate surface area is 134 Å². The van der Waals surface area contributed by atoms with Crippen LogP contribution in [-0.4, -0.2) is 54.9 Å². The van der Waals surface area contributed by atoms with Crippen molar-refractivity contribution in [2.24, 2.45) is 5.41 Å². The molecule has 5 heteroatoms. The van der Waals surface area contributed by atoms with E-state index in [2.05, 4.69) is 36.3 Å². The molecule has 0 spiro atoms. The van der Waals surface area contributed by atoms with Crippen LogP contribution in [0.2, 0.25) is 0 Å². The number of piperidine rings is 1. The number of ether oxygens (including phenoxy) is 1. The molecule has 2 N–H and O–H groups in total. The fourth-order valence-electron chi connectivity index (χ4n) is 3.96. The van der Waals surface area contributed by atoms with Gasteiger partial charge < -0.3 is 20.3 Å². The molecular formula is C17H31N3O2. The topological polar surface area (TPSA) is 53.6 Å². The molecule has 3 rings (SSSR count). The van der Waals surface area contributed by atoms with Crippen molar-refractivity contribution in [3.63, 3.8) is 0 Å². The number of hydrogen-bond donors (Lipinski definition) is 2. The average Bonchev–Trinajstić information content (AvgIpc) is 3.32. The van der Waals surface area contributed by atoms with Gasteiger partial charge in [0.15, 0.2) is 0 Å². The molecule has 5 nitrogen and oxygen atoms in total. The molecule has 0 aromatic rings. The van der Waals surface area contributed by atoms with Crippen molar-refractivity contribution in [2.75, 3.05) is 20.2 Å². The van der Waals surface area contributed by atoms with Gasteiger partial charge in [0.25, 0.3) is 0 Å². The lowest BCUT2D eigenvalue weighted by molar-refractivity contribution is -0.177. The Morgan fingerprint density at radius 3 is 2.23 bits per heavy atom. The van der Waals surface area contributed by atoms with Gasteiger partial charge in [-0.3, -0.25) is 0 Å². The van der Waals surface area contributed by atoms with Gasteiger partial charge in [-0.2, -0.15) is 0 Å². The number of amides is 2. The molecule has 1 aliphatic heterocycles. The van der Waals surface area contributed by atoms with E-state index >= 15 is 0 Å². The maximum absolute atomic E-state index is 12.3. The van der Waals surface area contributed by atoms with Gasteiger partial charge in [-0.1, -0.05) is 13.8 Å². The van der Waals surface area contributed by atoms with Crippen LogP contribution >= 0.6 is 0 Å². The minimum atomic E-state index is -0.138. The molecule has 22 heavy (non-hydrogen) atoms. The van der Waals surface area contributed by atoms with Gasteiger partial charge in [-0.15, -0.1) is 0 Å². The molecule has 2 atom stereocenters. The summed E-state index contributed by atoms with van der Waals surface area (Å²) in [7, 11) is 1.76. The summed E-state index contributed by atoms with van der Waals surface area (Å²) in [5, 5.41) is 6.31. The third-order valence-electron chi connectivity index (χ3n) is 6.51. The van der Waals surface area contributed by atoms with E-state index in [-0.39, 0.29) is 23.1 Å². The monoisotopic (exact) mass is 309 g/mol. The van der Waals surface area contributed by atoms with Crippen LogP contribution in [0.15, 0.2) is 0 Å². The normalized spacial score (nSPS) is 35.7. The van der Waals surface area contributed by atoms with Gasteiger partial charge in [0.05, 0.1) is 5.60 Å². The highest BCUT2D eigenvalue weighted by atomic mass is 16.5. The van der Waals surface area contributed by atoms with E-state index in [1.165, 1.54) is 12.8 Å². The van der Waals surface area contributed by atoms with E-state index in [9.17, 15) is 4.79 Å². The Balaban J connectivity index is 1.42. The SMILES string of the molecule is COC1(C)CC(NC(=O)NC2CCN(C3CC3)CC2)C1(C)C. The summed E-state index contributed by atoms with van der Waals surface area (Å²) in [5.74, 6) is 0. The number of carbonyl (C=O) groups excluding carboxylic acids is 1. The first-order chi connectivity index (χ1) is 10.4. The van der Waals surface area contributed by atoms with Crippen LogP contribution in [0.4, 0.5) is 4.79 Å². The first-order valence-corrected chi connectivity index (χ1v) is 8.72. The summed E-state index contributed by atoms with van der Waals surface area (Å²) in [6.07, 6.45) is 5.77. The van der Waals surface area contributed by atoms with Gasteiger partial charge in [-0.25, -0.2) is 4.79 Å². The van der Waals surface area contributed by atoms with E-state index in [0.717, 1.165) is 38.4 Å². The summed E-state index contributed by atoms with van der Waals surface area (Å²) in [6.45, 7) is 8.72. The van der Waals surface area contributed by atoms with Crippen molar-refractivity contribution in [1.29, 1.82) is 0 Å². The lowest BCUT2D eigenvalue weighted by atomic mass is 9.56. The zero-order valence-electron chi connectivity index (χ0n) is 14.4. The van der Waals surface area contributed by atoms with Crippen molar-refractivity contribution in [3.05, 3.63) is 0 Å². The molecule has 1 heterocycles. The summed E-state index contributed by atoms with van der Waals surface area (Å²) >= 11 is 0. The van der Waals surface area contributed by atoms with Crippen LogP contribution in [-0.2, 0) is 4.74 Å². The minimum absolute atomic E-state index is 0.0129. The maximum atomic E-state index is 12.3. The zero-order valence-corrected chi connectivity index (χ0v) is 14.4. The van der Waals surface area contributed by atoms with Crippen molar-refractivity contribution in [2.45, 2.75) is 76.6 Å². The molecule has 2 saturated carbocycles. The lowest BCUT2D eigenvalue weighted by Crippen LogP contribution is -2.69. The maximum Gasteiger partial charge on any atom is 0.315 e. The standard InChI is InChI=1S/C17H31N3O2/c1-16(2)14(11-17(16,3)22-4)19-15(21)18-12-7-9-20(10-8-12)13-5-6-13/h12-14H,5-11H2,1-4H3,(H2,18,19,21). The molecule has 2 aliphatic carbocycles. The Morgan fingerprint density at radius 2 is 1.73 bits per heavy atom. The molecule has 0 radical (unpaired) electrons. The van der Waals surface area contributed by atoms with E-state index in [4.69, 9.17) is 4.74 Å². The minimum Gasteiger partial charge on any atom is -0.378 e. The zero-order chi connectivity index (χ0) is 16.0. The first kappa shape index (κ1) is 16.1. The highest BCUT2D eigenvalue weighted by Crippen LogP contribution is 2.51. The van der Waals surface area contributed by atoms with Crippen LogP contribution in [0.1, 0.15) is 52.9 Å². The van der Waals surface area contributed by atoms with Gasteiger partial charge in [-0.05, 0) is 39.0 Å². The Bertz CT molecular complexity index is 428. The second kappa shape index (κ2) is 5.68. The van der Waals surface area contributed by atoms with Crippen molar-refractivity contribution in [3.8, 4) is 0 Å². The van der Waals surface area contributed by atoms with Gasteiger partial charge in [0.2, 0.25) is 0 Å². The molecule has 126 valence electrons. The van der Waals surface area contributed by atoms with Crippen LogP contribution < -0.4 is 10.6 Å². The summed E-state index contributed by atoms with van der Waals surface area (Å²) in [4.78, 5) is 14.8. The third kappa shape index (κ3) is 2.85. The predicted molar refractivity (Wildman–Crippen MR) is 86.9 cm³/mol. The molecule has 0 aromatic heterocycles. The van der Waals surface area contributed by atoms with Gasteiger partial charge >= 0.3 is 6.03 Å². The number of likely N-dealkylation sites (tertiary alicyclic amines) is 1. The number of carbonyl (C=O) groups is 1. The molecule has 2 amide bonds. The van der Waals surface area contributed by atoms with E-state index in [0.29, 0.717) is 6.04 Å². The molecule has 0 bridgehead atoms. The molecule has 3 aliphatic rings. The Hall–Kier alpha value is -0.810. The summed E-state index contributed by atoms with van der Waals surface area (Å²) < 4.78 is 5.61. The predicted octanol–water partition coefficient (Wildman–Crippen LogP) is 2.12. The Kier molecular flexibility index (Phi) is 4.14. The first-order valence-electron chi connectivity index (χ1n) is 8.72. The van der Waals surface area contributed by atoms with Gasteiger partial charge in [0, 0.05) is 43.7 Å². The van der Waals surface area contributed by atoms with Crippen LogP contribution in [0, 0.1) is 5.41 Å². The highest BCUT2D eigenvalue weighted by Gasteiger charge is 2.58. The number of nitrogens with one attached hydrogen (secondary N) is 2. The highest BCUT2D eigenvalue weighted by molar-refractivity contribution is 5.75. The average molecular weight is 309 g/mol. The van der Waals surface area contributed by atoms with E-state index in [1.54, 1.807) is 7.11 Å². The van der Waals surface area contributed by atoms with Crippen LogP contribution in [0.25, 0.3) is 0 Å². The quantitative estimate of drug-likeness (QED) is 0.836. The molecule has 2 unspecified atom stereocenters. The third-order valence-corrected chi connectivity index (χ3v) is 6.51. The van der Waals surface area contributed by atoms with Crippen LogP contribution in [0.5, 0.6) is 0 Å². The molecule has 1 saturated heterocycles. The lowest BCUT2D eigenvalue weighted by Gasteiger charge is -2.59. The van der Waals surface area contributed by atoms with Crippen molar-refractivity contribution < 1.29 is 9.53 Å². The number of hydrogen-bond acceptors (Lipinski definition) is 3. The molecular weight excluding hydrogens is 278 g/mol. The van der Waals surface area contributed by atoms with E-state index < -0.39 is 0 Å². The number of urea groups is 1. The van der Waals surface area contributed by atoms with Crippen molar-refractivity contribution in [1.82, 2.24) is 15.5 Å². The smallest absolute Gasteiger partial charge is 0.315 e. The molecule has 0 aromatic carbocycles. The number of nitrogens with zero attached hydrogens (tertiary/aromatic N) is 1. The van der Waals surface area contributed by atoms with E-state index in [1.807, 2.05) is 0 Å². The largest absolute Gasteiger partial charge is 0.378 e. The summed E-state index contributed by atoms with van der Waals surface area (Å²) in [6, 6.07) is 1.34. The fourth-order valence-corrected chi connectivity index (χ4v) is 3.96. The number of rotatable bonds is 4. The Morgan fingerprint density at radius 1 is 1.09 bits per heavy atom. The molecule has 3 fully saturated rings. The number of methoxy groups -OCH3 is 1. The second-order valence-electron chi connectivity index (χ2n) is 8.07. The summed E-state index contributed by atoms with van der Waals surface area (Å²) in [5.41, 5.74) is -0.172.